The van der Waals surface area contributed by atoms with Crippen molar-refractivity contribution in [2.45, 2.75) is 19.3 Å². The highest BCUT2D eigenvalue weighted by atomic mass is 16.5. The maximum atomic E-state index is 12.5. The lowest BCUT2D eigenvalue weighted by Gasteiger charge is -2.36. The molecule has 7 nitrogen and oxygen atoms in total. The first-order valence-electron chi connectivity index (χ1n) is 11.0. The second-order valence-electron chi connectivity index (χ2n) is 7.98. The molecule has 0 spiro atoms. The molecule has 1 aliphatic carbocycles. The summed E-state index contributed by atoms with van der Waals surface area (Å²) in [4.78, 5) is 21.5. The fourth-order valence-corrected chi connectivity index (χ4v) is 4.48. The van der Waals surface area contributed by atoms with Crippen LogP contribution in [-0.2, 0) is 22.4 Å². The summed E-state index contributed by atoms with van der Waals surface area (Å²) in [7, 11) is 1.65. The second kappa shape index (κ2) is 9.90. The van der Waals surface area contributed by atoms with Crippen LogP contribution in [-0.4, -0.2) is 68.8 Å². The fraction of sp³-hybridized carbons (Fsp3) is 0.458. The van der Waals surface area contributed by atoms with Gasteiger partial charge in [0.2, 0.25) is 5.91 Å². The number of fused-ring (bicyclic) bond motifs is 1. The molecule has 7 heteroatoms. The number of piperazine rings is 1. The molecule has 1 amide bonds. The summed E-state index contributed by atoms with van der Waals surface area (Å²) in [6.07, 6.45) is 2.96. The summed E-state index contributed by atoms with van der Waals surface area (Å²) in [5.41, 5.74) is 5.20. The number of carbonyl (C=O) groups is 1. The summed E-state index contributed by atoms with van der Waals surface area (Å²) in [5.74, 6) is 0.871. The van der Waals surface area contributed by atoms with E-state index in [2.05, 4.69) is 28.4 Å². The van der Waals surface area contributed by atoms with Crippen molar-refractivity contribution in [1.29, 1.82) is 5.26 Å². The van der Waals surface area contributed by atoms with Gasteiger partial charge in [0, 0.05) is 45.4 Å². The van der Waals surface area contributed by atoms with Crippen LogP contribution in [0.3, 0.4) is 0 Å². The number of carbonyl (C=O) groups excluding carboxylic acids is 1. The maximum Gasteiger partial charge on any atom is 0.236 e. The first kappa shape index (κ1) is 21.3. The third-order valence-corrected chi connectivity index (χ3v) is 6.10. The Morgan fingerprint density at radius 2 is 1.90 bits per heavy atom. The zero-order valence-corrected chi connectivity index (χ0v) is 18.1. The van der Waals surface area contributed by atoms with Crippen LogP contribution in [0.15, 0.2) is 30.3 Å². The van der Waals surface area contributed by atoms with E-state index in [0.717, 1.165) is 41.9 Å². The minimum Gasteiger partial charge on any atom is -0.383 e. The van der Waals surface area contributed by atoms with Gasteiger partial charge >= 0.3 is 0 Å². The number of pyridine rings is 1. The van der Waals surface area contributed by atoms with Gasteiger partial charge in [0.1, 0.15) is 11.9 Å². The standard InChI is InChI=1S/C24H29N5O2/c1-31-15-10-26-17-22(30)28-11-13-29(14-12-28)24-21(16-25)19-8-5-9-20(19)23(27-24)18-6-3-2-4-7-18/h2-4,6-7,26H,5,8-15,17H2,1H3. The van der Waals surface area contributed by atoms with E-state index in [4.69, 9.17) is 9.72 Å². The third-order valence-electron chi connectivity index (χ3n) is 6.10. The Kier molecular flexibility index (Phi) is 6.80. The van der Waals surface area contributed by atoms with Gasteiger partial charge in [0.25, 0.3) is 0 Å². The zero-order chi connectivity index (χ0) is 21.6. The summed E-state index contributed by atoms with van der Waals surface area (Å²) in [5, 5.41) is 13.1. The van der Waals surface area contributed by atoms with Crippen LogP contribution in [0.4, 0.5) is 5.82 Å². The van der Waals surface area contributed by atoms with Gasteiger partial charge in [-0.15, -0.1) is 0 Å². The number of aromatic nitrogens is 1. The first-order chi connectivity index (χ1) is 15.2. The van der Waals surface area contributed by atoms with E-state index in [0.29, 0.717) is 51.4 Å². The molecule has 1 saturated heterocycles. The lowest BCUT2D eigenvalue weighted by atomic mass is 9.98. The number of anilines is 1. The Balaban J connectivity index is 1.53. The number of hydrogen-bond acceptors (Lipinski definition) is 6. The van der Waals surface area contributed by atoms with E-state index < -0.39 is 0 Å². The Hall–Kier alpha value is -2.95. The Labute approximate surface area is 183 Å². The van der Waals surface area contributed by atoms with Crippen molar-refractivity contribution in [2.75, 3.05) is 57.9 Å². The molecule has 1 fully saturated rings. The van der Waals surface area contributed by atoms with Gasteiger partial charge in [0.05, 0.1) is 24.4 Å². The van der Waals surface area contributed by atoms with Crippen LogP contribution in [0.1, 0.15) is 23.1 Å². The highest BCUT2D eigenvalue weighted by Crippen LogP contribution is 2.37. The number of nitrogens with zero attached hydrogens (tertiary/aromatic N) is 4. The molecule has 1 N–H and O–H groups in total. The van der Waals surface area contributed by atoms with Crippen molar-refractivity contribution in [2.24, 2.45) is 0 Å². The smallest absolute Gasteiger partial charge is 0.236 e. The largest absolute Gasteiger partial charge is 0.383 e. The highest BCUT2D eigenvalue weighted by molar-refractivity contribution is 5.79. The lowest BCUT2D eigenvalue weighted by Crippen LogP contribution is -2.51. The van der Waals surface area contributed by atoms with E-state index in [9.17, 15) is 10.1 Å². The van der Waals surface area contributed by atoms with Crippen LogP contribution in [0.2, 0.25) is 0 Å². The van der Waals surface area contributed by atoms with Crippen molar-refractivity contribution in [3.05, 3.63) is 47.0 Å². The van der Waals surface area contributed by atoms with Crippen LogP contribution in [0.25, 0.3) is 11.3 Å². The molecule has 2 aromatic rings. The molecule has 2 aliphatic rings. The fourth-order valence-electron chi connectivity index (χ4n) is 4.48. The molecule has 1 aromatic carbocycles. The maximum absolute atomic E-state index is 12.5. The summed E-state index contributed by atoms with van der Waals surface area (Å²) in [6, 6.07) is 12.7. The van der Waals surface area contributed by atoms with E-state index in [1.807, 2.05) is 23.1 Å². The minimum absolute atomic E-state index is 0.100. The average Bonchev–Trinajstić information content (AvgIpc) is 3.31. The van der Waals surface area contributed by atoms with Crippen molar-refractivity contribution >= 4 is 11.7 Å². The average molecular weight is 420 g/mol. The molecule has 2 heterocycles. The molecule has 0 bridgehead atoms. The van der Waals surface area contributed by atoms with Crippen molar-refractivity contribution in [3.8, 4) is 17.3 Å². The molecule has 162 valence electrons. The normalized spacial score (nSPS) is 15.6. The molecular formula is C24H29N5O2. The first-order valence-corrected chi connectivity index (χ1v) is 11.0. The van der Waals surface area contributed by atoms with Crippen LogP contribution in [0.5, 0.6) is 0 Å². The van der Waals surface area contributed by atoms with Crippen LogP contribution in [0, 0.1) is 11.3 Å². The van der Waals surface area contributed by atoms with E-state index in [1.54, 1.807) is 7.11 Å². The summed E-state index contributed by atoms with van der Waals surface area (Å²) < 4.78 is 5.00. The Morgan fingerprint density at radius 3 is 2.61 bits per heavy atom. The third kappa shape index (κ3) is 4.55. The van der Waals surface area contributed by atoms with E-state index in [-0.39, 0.29) is 5.91 Å². The molecule has 4 rings (SSSR count). The SMILES string of the molecule is COCCNCC(=O)N1CCN(c2nc(-c3ccccc3)c3c(c2C#N)CCC3)CC1. The van der Waals surface area contributed by atoms with Crippen molar-refractivity contribution in [1.82, 2.24) is 15.2 Å². The van der Waals surface area contributed by atoms with Crippen molar-refractivity contribution in [3.63, 3.8) is 0 Å². The van der Waals surface area contributed by atoms with Gasteiger partial charge in [-0.25, -0.2) is 4.98 Å². The molecular weight excluding hydrogens is 390 g/mol. The number of ether oxygens (including phenoxy) is 1. The lowest BCUT2D eigenvalue weighted by molar-refractivity contribution is -0.130. The number of amides is 1. The quantitative estimate of drug-likeness (QED) is 0.692. The number of methoxy groups -OCH3 is 1. The van der Waals surface area contributed by atoms with E-state index in [1.165, 1.54) is 5.56 Å². The molecule has 31 heavy (non-hydrogen) atoms. The minimum atomic E-state index is 0.100. The molecule has 0 radical (unpaired) electrons. The number of rotatable bonds is 7. The van der Waals surface area contributed by atoms with Gasteiger partial charge in [-0.3, -0.25) is 4.79 Å². The molecule has 1 aliphatic heterocycles. The van der Waals surface area contributed by atoms with E-state index >= 15 is 0 Å². The van der Waals surface area contributed by atoms with Gasteiger partial charge in [-0.1, -0.05) is 30.3 Å². The predicted molar refractivity (Wildman–Crippen MR) is 120 cm³/mol. The second-order valence-corrected chi connectivity index (χ2v) is 7.98. The predicted octanol–water partition coefficient (Wildman–Crippen LogP) is 1.99. The topological polar surface area (TPSA) is 81.5 Å². The van der Waals surface area contributed by atoms with Crippen LogP contribution >= 0.6 is 0 Å². The monoisotopic (exact) mass is 419 g/mol. The zero-order valence-electron chi connectivity index (χ0n) is 18.1. The Bertz CT molecular complexity index is 962. The van der Waals surface area contributed by atoms with Gasteiger partial charge in [-0.2, -0.15) is 5.26 Å². The number of nitriles is 1. The number of nitrogens with one attached hydrogen (secondary N) is 1. The summed E-state index contributed by atoms with van der Waals surface area (Å²) in [6.45, 7) is 4.20. The molecule has 1 aromatic heterocycles. The Morgan fingerprint density at radius 1 is 1.16 bits per heavy atom. The summed E-state index contributed by atoms with van der Waals surface area (Å²) >= 11 is 0. The molecule has 0 atom stereocenters. The van der Waals surface area contributed by atoms with Gasteiger partial charge in [0.15, 0.2) is 0 Å². The van der Waals surface area contributed by atoms with Gasteiger partial charge in [-0.05, 0) is 30.4 Å². The van der Waals surface area contributed by atoms with Crippen molar-refractivity contribution < 1.29 is 9.53 Å². The highest BCUT2D eigenvalue weighted by Gasteiger charge is 2.29. The van der Waals surface area contributed by atoms with Gasteiger partial charge < -0.3 is 19.9 Å². The van der Waals surface area contributed by atoms with Crippen LogP contribution < -0.4 is 10.2 Å². The number of hydrogen-bond donors (Lipinski definition) is 1. The number of benzene rings is 1. The molecule has 0 unspecified atom stereocenters. The molecule has 0 saturated carbocycles.